The lowest BCUT2D eigenvalue weighted by molar-refractivity contribution is -0.136. The number of rotatable bonds is 8. The molecular formula is C21H23Cl2N3O3. The van der Waals surface area contributed by atoms with Gasteiger partial charge in [0.15, 0.2) is 0 Å². The Kier molecular flexibility index (Phi) is 8.49. The van der Waals surface area contributed by atoms with Gasteiger partial charge in [-0.2, -0.15) is 0 Å². The molecule has 29 heavy (non-hydrogen) atoms. The highest BCUT2D eigenvalue weighted by molar-refractivity contribution is 6.35. The van der Waals surface area contributed by atoms with Gasteiger partial charge < -0.3 is 15.5 Å². The number of carbonyl (C=O) groups is 3. The monoisotopic (exact) mass is 435 g/mol. The lowest BCUT2D eigenvalue weighted by atomic mass is 10.2. The van der Waals surface area contributed by atoms with Gasteiger partial charge in [0, 0.05) is 17.1 Å². The van der Waals surface area contributed by atoms with Crippen LogP contribution in [0.4, 0.5) is 5.69 Å². The Balaban J connectivity index is 2.01. The summed E-state index contributed by atoms with van der Waals surface area (Å²) in [5.41, 5.74) is 0.834. The first-order chi connectivity index (χ1) is 13.8. The van der Waals surface area contributed by atoms with E-state index in [-0.39, 0.29) is 18.4 Å². The summed E-state index contributed by atoms with van der Waals surface area (Å²) in [5.74, 6) is -1.10. The van der Waals surface area contributed by atoms with Crippen molar-refractivity contribution in [3.8, 4) is 0 Å². The summed E-state index contributed by atoms with van der Waals surface area (Å²) in [5, 5.41) is 6.12. The Labute approximate surface area is 180 Å². The smallest absolute Gasteiger partial charge is 0.251 e. The highest BCUT2D eigenvalue weighted by Crippen LogP contribution is 2.25. The third-order valence-electron chi connectivity index (χ3n) is 4.10. The Bertz CT molecular complexity index is 875. The van der Waals surface area contributed by atoms with Gasteiger partial charge in [-0.05, 0) is 43.7 Å². The number of halogens is 2. The molecule has 154 valence electrons. The number of amides is 3. The third kappa shape index (κ3) is 6.76. The van der Waals surface area contributed by atoms with Gasteiger partial charge in [-0.15, -0.1) is 0 Å². The Morgan fingerprint density at radius 3 is 2.41 bits per heavy atom. The summed E-state index contributed by atoms with van der Waals surface area (Å²) in [6.07, 6.45) is 0.663. The summed E-state index contributed by atoms with van der Waals surface area (Å²) in [6.45, 7) is 3.71. The molecule has 0 aromatic heterocycles. The summed E-state index contributed by atoms with van der Waals surface area (Å²) in [6, 6.07) is 12.6. The van der Waals surface area contributed by atoms with Crippen LogP contribution in [0.3, 0.4) is 0 Å². The van der Waals surface area contributed by atoms with E-state index in [4.69, 9.17) is 23.2 Å². The largest absolute Gasteiger partial charge is 0.341 e. The highest BCUT2D eigenvalue weighted by atomic mass is 35.5. The van der Waals surface area contributed by atoms with E-state index in [1.165, 1.54) is 11.0 Å². The van der Waals surface area contributed by atoms with Crippen LogP contribution in [0.15, 0.2) is 48.5 Å². The Morgan fingerprint density at radius 1 is 1.07 bits per heavy atom. The zero-order chi connectivity index (χ0) is 21.4. The number of hydrogen-bond acceptors (Lipinski definition) is 3. The Hall–Kier alpha value is -2.57. The molecule has 0 aliphatic heterocycles. The first-order valence-corrected chi connectivity index (χ1v) is 9.97. The van der Waals surface area contributed by atoms with Gasteiger partial charge in [-0.1, -0.05) is 48.3 Å². The first kappa shape index (κ1) is 22.7. The van der Waals surface area contributed by atoms with Crippen LogP contribution in [0.1, 0.15) is 30.6 Å². The Morgan fingerprint density at radius 2 is 1.76 bits per heavy atom. The van der Waals surface area contributed by atoms with Gasteiger partial charge in [-0.3, -0.25) is 14.4 Å². The minimum Gasteiger partial charge on any atom is -0.341 e. The zero-order valence-corrected chi connectivity index (χ0v) is 17.8. The van der Waals surface area contributed by atoms with Crippen LogP contribution in [0.5, 0.6) is 0 Å². The zero-order valence-electron chi connectivity index (χ0n) is 16.2. The van der Waals surface area contributed by atoms with Crippen LogP contribution in [0, 0.1) is 0 Å². The number of nitrogens with zero attached hydrogens (tertiary/aromatic N) is 1. The molecule has 1 atom stereocenters. The van der Waals surface area contributed by atoms with E-state index >= 15 is 0 Å². The van der Waals surface area contributed by atoms with Crippen molar-refractivity contribution >= 4 is 46.6 Å². The van der Waals surface area contributed by atoms with Crippen molar-refractivity contribution in [3.05, 3.63) is 64.1 Å². The number of anilines is 1. The van der Waals surface area contributed by atoms with E-state index in [1.807, 2.05) is 6.92 Å². The average molecular weight is 436 g/mol. The molecule has 6 nitrogen and oxygen atoms in total. The molecule has 8 heteroatoms. The van der Waals surface area contributed by atoms with E-state index in [9.17, 15) is 14.4 Å². The number of nitrogens with one attached hydrogen (secondary N) is 2. The minimum absolute atomic E-state index is 0.166. The molecule has 0 aliphatic rings. The molecule has 3 amide bonds. The normalized spacial score (nSPS) is 11.4. The topological polar surface area (TPSA) is 78.5 Å². The van der Waals surface area contributed by atoms with Crippen molar-refractivity contribution in [1.29, 1.82) is 0 Å². The molecule has 0 fully saturated rings. The van der Waals surface area contributed by atoms with Gasteiger partial charge in [0.05, 0.1) is 17.3 Å². The maximum Gasteiger partial charge on any atom is 0.251 e. The molecule has 0 radical (unpaired) electrons. The summed E-state index contributed by atoms with van der Waals surface area (Å²) < 4.78 is 0. The van der Waals surface area contributed by atoms with Crippen molar-refractivity contribution in [2.24, 2.45) is 0 Å². The van der Waals surface area contributed by atoms with Crippen molar-refractivity contribution < 1.29 is 14.4 Å². The predicted molar refractivity (Wildman–Crippen MR) is 115 cm³/mol. The fraction of sp³-hybridized carbons (Fsp3) is 0.286. The number of carbonyl (C=O) groups excluding carboxylic acids is 3. The van der Waals surface area contributed by atoms with Crippen LogP contribution in [0.2, 0.25) is 10.0 Å². The molecular weight excluding hydrogens is 413 g/mol. The molecule has 0 saturated heterocycles. The lowest BCUT2D eigenvalue weighted by Crippen LogP contribution is -2.49. The minimum atomic E-state index is -0.781. The van der Waals surface area contributed by atoms with Gasteiger partial charge in [-0.25, -0.2) is 0 Å². The fourth-order valence-corrected chi connectivity index (χ4v) is 3.04. The molecule has 0 aliphatic carbocycles. The first-order valence-electron chi connectivity index (χ1n) is 9.21. The second-order valence-corrected chi connectivity index (χ2v) is 7.34. The van der Waals surface area contributed by atoms with E-state index in [1.54, 1.807) is 49.4 Å². The lowest BCUT2D eigenvalue weighted by Gasteiger charge is -2.25. The van der Waals surface area contributed by atoms with Crippen LogP contribution in [0.25, 0.3) is 0 Å². The van der Waals surface area contributed by atoms with Crippen molar-refractivity contribution in [2.45, 2.75) is 26.3 Å². The standard InChI is InChI=1S/C21H23Cl2N3O3/c1-3-11-26(13-19(27)25-18-12-16(22)9-10-17(18)23)21(29)14(2)24-20(28)15-7-5-4-6-8-15/h4-10,12,14H,3,11,13H2,1-2H3,(H,24,28)(H,25,27). The van der Waals surface area contributed by atoms with Crippen molar-refractivity contribution in [2.75, 3.05) is 18.4 Å². The maximum atomic E-state index is 12.8. The second kappa shape index (κ2) is 10.8. The summed E-state index contributed by atoms with van der Waals surface area (Å²) in [7, 11) is 0. The van der Waals surface area contributed by atoms with Gasteiger partial charge >= 0.3 is 0 Å². The molecule has 2 aromatic carbocycles. The third-order valence-corrected chi connectivity index (χ3v) is 4.66. The van der Waals surface area contributed by atoms with Gasteiger partial charge in [0.1, 0.15) is 6.04 Å². The van der Waals surface area contributed by atoms with Gasteiger partial charge in [0.25, 0.3) is 5.91 Å². The molecule has 0 bridgehead atoms. The molecule has 2 aromatic rings. The highest BCUT2D eigenvalue weighted by Gasteiger charge is 2.24. The predicted octanol–water partition coefficient (Wildman–Crippen LogP) is 3.99. The van der Waals surface area contributed by atoms with Crippen LogP contribution >= 0.6 is 23.2 Å². The number of hydrogen-bond donors (Lipinski definition) is 2. The van der Waals surface area contributed by atoms with E-state index in [2.05, 4.69) is 10.6 Å². The summed E-state index contributed by atoms with van der Waals surface area (Å²) in [4.78, 5) is 38.9. The average Bonchev–Trinajstić information content (AvgIpc) is 2.70. The van der Waals surface area contributed by atoms with Crippen molar-refractivity contribution in [1.82, 2.24) is 10.2 Å². The molecule has 2 rings (SSSR count). The van der Waals surface area contributed by atoms with Crippen LogP contribution < -0.4 is 10.6 Å². The molecule has 0 spiro atoms. The molecule has 0 saturated carbocycles. The molecule has 2 N–H and O–H groups in total. The van der Waals surface area contributed by atoms with E-state index in [0.717, 1.165) is 0 Å². The SMILES string of the molecule is CCCN(CC(=O)Nc1cc(Cl)ccc1Cl)C(=O)C(C)NC(=O)c1ccccc1. The second-order valence-electron chi connectivity index (χ2n) is 6.49. The number of benzene rings is 2. The van der Waals surface area contributed by atoms with Crippen LogP contribution in [-0.2, 0) is 9.59 Å². The molecule has 1 unspecified atom stereocenters. The fourth-order valence-electron chi connectivity index (χ4n) is 2.70. The maximum absolute atomic E-state index is 12.8. The van der Waals surface area contributed by atoms with E-state index in [0.29, 0.717) is 34.3 Å². The summed E-state index contributed by atoms with van der Waals surface area (Å²) >= 11 is 12.0. The van der Waals surface area contributed by atoms with Crippen LogP contribution in [-0.4, -0.2) is 41.8 Å². The molecule has 0 heterocycles. The van der Waals surface area contributed by atoms with Crippen molar-refractivity contribution in [3.63, 3.8) is 0 Å². The van der Waals surface area contributed by atoms with Gasteiger partial charge in [0.2, 0.25) is 11.8 Å². The van der Waals surface area contributed by atoms with E-state index < -0.39 is 11.9 Å². The quantitative estimate of drug-likeness (QED) is 0.657.